The molecule has 1 saturated heterocycles. The van der Waals surface area contributed by atoms with E-state index in [1.165, 1.54) is 3.97 Å². The van der Waals surface area contributed by atoms with E-state index in [1.807, 2.05) is 29.3 Å². The van der Waals surface area contributed by atoms with E-state index in [-0.39, 0.29) is 22.8 Å². The number of benzene rings is 1. The molecule has 0 saturated carbocycles. The molecular weight excluding hydrogens is 452 g/mol. The highest BCUT2D eigenvalue weighted by Gasteiger charge is 2.37. The van der Waals surface area contributed by atoms with Gasteiger partial charge in [0.05, 0.1) is 16.6 Å². The van der Waals surface area contributed by atoms with Crippen LogP contribution in [0.4, 0.5) is 4.79 Å². The van der Waals surface area contributed by atoms with Crippen molar-refractivity contribution < 1.29 is 13.2 Å². The second-order valence-electron chi connectivity index (χ2n) is 8.79. The molecule has 5 rings (SSSR count). The van der Waals surface area contributed by atoms with Gasteiger partial charge in [0, 0.05) is 43.6 Å². The van der Waals surface area contributed by atoms with Gasteiger partial charge in [0.25, 0.3) is 10.0 Å². The van der Waals surface area contributed by atoms with Crippen LogP contribution in [0.25, 0.3) is 16.8 Å². The number of aromatic nitrogens is 4. The molecule has 9 nitrogen and oxygen atoms in total. The van der Waals surface area contributed by atoms with Crippen LogP contribution < -0.4 is 5.32 Å². The molecule has 2 amide bonds. The molecule has 10 heteroatoms. The molecule has 0 bridgehead atoms. The third-order valence-electron chi connectivity index (χ3n) is 6.70. The third-order valence-corrected chi connectivity index (χ3v) is 8.38. The van der Waals surface area contributed by atoms with Crippen LogP contribution in [0.1, 0.15) is 37.4 Å². The summed E-state index contributed by atoms with van der Waals surface area (Å²) in [7, 11) is -3.81. The van der Waals surface area contributed by atoms with Crippen molar-refractivity contribution in [2.24, 2.45) is 5.92 Å². The smallest absolute Gasteiger partial charge is 0.317 e. The Morgan fingerprint density at radius 3 is 2.56 bits per heavy atom. The van der Waals surface area contributed by atoms with Crippen molar-refractivity contribution in [3.63, 3.8) is 0 Å². The molecule has 2 atom stereocenters. The molecule has 1 aliphatic rings. The van der Waals surface area contributed by atoms with Gasteiger partial charge in [-0.25, -0.2) is 27.2 Å². The van der Waals surface area contributed by atoms with Gasteiger partial charge in [0.1, 0.15) is 0 Å². The van der Waals surface area contributed by atoms with Crippen molar-refractivity contribution in [3.8, 4) is 0 Å². The molecule has 4 aromatic rings. The van der Waals surface area contributed by atoms with Gasteiger partial charge < -0.3 is 10.2 Å². The molecule has 1 aromatic carbocycles. The molecule has 1 N–H and O–H groups in total. The van der Waals surface area contributed by atoms with Crippen molar-refractivity contribution in [2.75, 3.05) is 19.6 Å². The Bertz CT molecular complexity index is 1470. The lowest BCUT2D eigenvalue weighted by atomic mass is 9.91. The Morgan fingerprint density at radius 1 is 1.09 bits per heavy atom. The number of fused-ring (bicyclic) bond motifs is 3. The van der Waals surface area contributed by atoms with E-state index < -0.39 is 10.0 Å². The van der Waals surface area contributed by atoms with Gasteiger partial charge in [-0.15, -0.1) is 0 Å². The first-order valence-corrected chi connectivity index (χ1v) is 13.0. The Labute approximate surface area is 198 Å². The molecule has 0 radical (unpaired) electrons. The van der Waals surface area contributed by atoms with Crippen molar-refractivity contribution in [1.29, 1.82) is 0 Å². The number of nitrogens with zero attached hydrogens (tertiary/aromatic N) is 5. The minimum atomic E-state index is -3.81. The van der Waals surface area contributed by atoms with Crippen molar-refractivity contribution in [3.05, 3.63) is 60.2 Å². The number of hydrogen-bond acceptors (Lipinski definition) is 5. The lowest BCUT2D eigenvalue weighted by Gasteiger charge is -2.17. The van der Waals surface area contributed by atoms with Gasteiger partial charge in [-0.2, -0.15) is 0 Å². The normalized spacial score (nSPS) is 18.7. The maximum absolute atomic E-state index is 13.4. The fraction of sp³-hybridized carbons (Fsp3) is 0.375. The largest absolute Gasteiger partial charge is 0.338 e. The van der Waals surface area contributed by atoms with Gasteiger partial charge in [-0.05, 0) is 38.0 Å². The van der Waals surface area contributed by atoms with Gasteiger partial charge in [-0.3, -0.25) is 4.40 Å². The van der Waals surface area contributed by atoms with Crippen LogP contribution in [0, 0.1) is 12.8 Å². The zero-order chi connectivity index (χ0) is 24.0. The summed E-state index contributed by atoms with van der Waals surface area (Å²) in [6.07, 6.45) is 5.90. The standard InChI is InChI=1S/C24H28N6O3S/c1-4-17-14-28(24(31)25-5-2)15-19(17)21-12-26-22-13-27-23-20(30(21)22)10-11-29(23)34(32,33)18-8-6-16(3)7-9-18/h6-13,17,19H,4-5,14-15H2,1-3H3,(H,25,31)/t17-,19?/m1/s1. The molecule has 1 unspecified atom stereocenters. The molecule has 4 heterocycles. The Morgan fingerprint density at radius 2 is 1.85 bits per heavy atom. The fourth-order valence-electron chi connectivity index (χ4n) is 4.87. The average molecular weight is 481 g/mol. The maximum atomic E-state index is 13.4. The highest BCUT2D eigenvalue weighted by atomic mass is 32.2. The summed E-state index contributed by atoms with van der Waals surface area (Å²) in [4.78, 5) is 23.5. The van der Waals surface area contributed by atoms with Crippen LogP contribution in [-0.2, 0) is 10.0 Å². The summed E-state index contributed by atoms with van der Waals surface area (Å²) in [5.74, 6) is 0.370. The molecule has 3 aromatic heterocycles. The van der Waals surface area contributed by atoms with Crippen LogP contribution in [-0.4, -0.2) is 57.3 Å². The number of carbonyl (C=O) groups excluding carboxylic acids is 1. The first kappa shape index (κ1) is 22.4. The number of hydrogen-bond donors (Lipinski definition) is 1. The second kappa shape index (κ2) is 8.43. The van der Waals surface area contributed by atoms with Crippen molar-refractivity contribution in [1.82, 2.24) is 28.6 Å². The summed E-state index contributed by atoms with van der Waals surface area (Å²) in [5.41, 5.74) is 3.62. The van der Waals surface area contributed by atoms with E-state index >= 15 is 0 Å². The summed E-state index contributed by atoms with van der Waals surface area (Å²) >= 11 is 0. The number of amides is 2. The van der Waals surface area contributed by atoms with Gasteiger partial charge in [0.2, 0.25) is 0 Å². The van der Waals surface area contributed by atoms with E-state index in [4.69, 9.17) is 0 Å². The van der Waals surface area contributed by atoms with E-state index in [9.17, 15) is 13.2 Å². The number of aryl methyl sites for hydroxylation is 1. The van der Waals surface area contributed by atoms with Crippen molar-refractivity contribution >= 4 is 32.9 Å². The molecule has 1 fully saturated rings. The Balaban J connectivity index is 1.60. The monoisotopic (exact) mass is 480 g/mol. The Kier molecular flexibility index (Phi) is 5.55. The summed E-state index contributed by atoms with van der Waals surface area (Å²) in [6, 6.07) is 8.49. The molecule has 0 aliphatic carbocycles. The van der Waals surface area contributed by atoms with Crippen LogP contribution in [0.5, 0.6) is 0 Å². The highest BCUT2D eigenvalue weighted by Crippen LogP contribution is 2.36. The van der Waals surface area contributed by atoms with E-state index in [2.05, 4.69) is 22.2 Å². The minimum Gasteiger partial charge on any atom is -0.338 e. The fourth-order valence-corrected chi connectivity index (χ4v) is 6.17. The summed E-state index contributed by atoms with van der Waals surface area (Å²) in [5, 5.41) is 2.89. The number of likely N-dealkylation sites (tertiary alicyclic amines) is 1. The lowest BCUT2D eigenvalue weighted by molar-refractivity contribution is 0.207. The zero-order valence-corrected chi connectivity index (χ0v) is 20.3. The number of rotatable bonds is 5. The van der Waals surface area contributed by atoms with E-state index in [0.717, 1.165) is 17.7 Å². The van der Waals surface area contributed by atoms with Crippen LogP contribution in [0.3, 0.4) is 0 Å². The summed E-state index contributed by atoms with van der Waals surface area (Å²) in [6.45, 7) is 7.80. The minimum absolute atomic E-state index is 0.0561. The first-order valence-electron chi connectivity index (χ1n) is 11.5. The zero-order valence-electron chi connectivity index (χ0n) is 19.5. The molecule has 178 valence electrons. The predicted molar refractivity (Wildman–Crippen MR) is 129 cm³/mol. The molecule has 34 heavy (non-hydrogen) atoms. The SMILES string of the molecule is CCNC(=O)N1CC(c2cnc3cnc4c(ccn4S(=O)(=O)c4ccc(C)cc4)n23)[C@H](CC)C1. The third kappa shape index (κ3) is 3.53. The molecular formula is C24H28N6O3S. The molecule has 1 aliphatic heterocycles. The maximum Gasteiger partial charge on any atom is 0.317 e. The van der Waals surface area contributed by atoms with E-state index in [1.54, 1.807) is 42.7 Å². The van der Waals surface area contributed by atoms with E-state index in [0.29, 0.717) is 36.4 Å². The number of carbonyl (C=O) groups is 1. The quantitative estimate of drug-likeness (QED) is 0.472. The predicted octanol–water partition coefficient (Wildman–Crippen LogP) is 3.38. The highest BCUT2D eigenvalue weighted by molar-refractivity contribution is 7.90. The van der Waals surface area contributed by atoms with Gasteiger partial charge in [0.15, 0.2) is 11.3 Å². The topological polar surface area (TPSA) is 102 Å². The van der Waals surface area contributed by atoms with Crippen LogP contribution in [0.2, 0.25) is 0 Å². The lowest BCUT2D eigenvalue weighted by Crippen LogP contribution is -2.38. The van der Waals surface area contributed by atoms with Crippen molar-refractivity contribution in [2.45, 2.75) is 38.0 Å². The van der Waals surface area contributed by atoms with Gasteiger partial charge in [-0.1, -0.05) is 31.0 Å². The van der Waals surface area contributed by atoms with Gasteiger partial charge >= 0.3 is 6.03 Å². The first-order chi connectivity index (χ1) is 16.3. The number of nitrogens with one attached hydrogen (secondary N) is 1. The van der Waals surface area contributed by atoms with Crippen LogP contribution >= 0.6 is 0 Å². The Hall–Kier alpha value is -3.40. The summed E-state index contributed by atoms with van der Waals surface area (Å²) < 4.78 is 29.9. The second-order valence-corrected chi connectivity index (χ2v) is 10.6. The van der Waals surface area contributed by atoms with Crippen LogP contribution in [0.15, 0.2) is 53.8 Å². The molecule has 0 spiro atoms. The number of imidazole rings is 1. The average Bonchev–Trinajstić information content (AvgIpc) is 3.54. The number of urea groups is 1.